The molecule has 5 rings (SSSR count). The molecule has 0 fully saturated rings. The Balaban J connectivity index is 1.50. The molecule has 1 aliphatic carbocycles. The number of rotatable bonds is 2. The molecule has 3 nitrogen and oxygen atoms in total. The van der Waals surface area contributed by atoms with Crippen LogP contribution in [0.2, 0.25) is 0 Å². The molecule has 2 aromatic carbocycles. The van der Waals surface area contributed by atoms with Crippen LogP contribution >= 0.6 is 0 Å². The van der Waals surface area contributed by atoms with Crippen molar-refractivity contribution in [2.24, 2.45) is 0 Å². The lowest BCUT2D eigenvalue weighted by Crippen LogP contribution is -2.16. The van der Waals surface area contributed by atoms with E-state index in [4.69, 9.17) is 0 Å². The molecule has 6 heteroatoms. The zero-order chi connectivity index (χ0) is 20.9. The van der Waals surface area contributed by atoms with E-state index < -0.39 is 11.7 Å². The van der Waals surface area contributed by atoms with Gasteiger partial charge in [-0.2, -0.15) is 13.2 Å². The van der Waals surface area contributed by atoms with Crippen LogP contribution in [-0.4, -0.2) is 9.55 Å². The van der Waals surface area contributed by atoms with Gasteiger partial charge < -0.3 is 4.98 Å². The number of pyridine rings is 1. The predicted octanol–water partition coefficient (Wildman–Crippen LogP) is 5.88. The van der Waals surface area contributed by atoms with Crippen molar-refractivity contribution in [3.8, 4) is 16.8 Å². The van der Waals surface area contributed by atoms with Gasteiger partial charge >= 0.3 is 6.18 Å². The standard InChI is InChI=1S/C24H19F3N2O/c25-24(26,27)17-7-5-15(6-8-17)16-11-12-29(23(30)13-16)18-9-10-20-19-3-1-2-4-21(19)28-22(20)14-18/h5-14,28H,1-4H2. The van der Waals surface area contributed by atoms with Gasteiger partial charge in [-0.05, 0) is 72.7 Å². The summed E-state index contributed by atoms with van der Waals surface area (Å²) in [5.74, 6) is 0. The van der Waals surface area contributed by atoms with Crippen LogP contribution in [0, 0.1) is 0 Å². The van der Waals surface area contributed by atoms with Gasteiger partial charge in [-0.3, -0.25) is 9.36 Å². The molecule has 152 valence electrons. The molecule has 2 heterocycles. The van der Waals surface area contributed by atoms with Crippen molar-refractivity contribution in [2.75, 3.05) is 0 Å². The summed E-state index contributed by atoms with van der Waals surface area (Å²) >= 11 is 0. The number of benzene rings is 2. The number of halogens is 3. The molecule has 0 saturated heterocycles. The molecule has 0 spiro atoms. The van der Waals surface area contributed by atoms with E-state index in [-0.39, 0.29) is 5.56 Å². The van der Waals surface area contributed by atoms with Gasteiger partial charge in [-0.15, -0.1) is 0 Å². The Morgan fingerprint density at radius 2 is 1.63 bits per heavy atom. The van der Waals surface area contributed by atoms with Gasteiger partial charge in [0.2, 0.25) is 0 Å². The van der Waals surface area contributed by atoms with Crippen LogP contribution in [0.4, 0.5) is 13.2 Å². The average molecular weight is 408 g/mol. The molecule has 30 heavy (non-hydrogen) atoms. The Labute approximate surface area is 170 Å². The van der Waals surface area contributed by atoms with E-state index in [1.807, 2.05) is 12.1 Å². The minimum Gasteiger partial charge on any atom is -0.358 e. The van der Waals surface area contributed by atoms with Crippen molar-refractivity contribution in [1.82, 2.24) is 9.55 Å². The van der Waals surface area contributed by atoms with Crippen molar-refractivity contribution in [3.63, 3.8) is 0 Å². The highest BCUT2D eigenvalue weighted by Crippen LogP contribution is 2.32. The Bertz CT molecular complexity index is 1300. The van der Waals surface area contributed by atoms with Crippen LogP contribution in [0.15, 0.2) is 65.6 Å². The number of hydrogen-bond acceptors (Lipinski definition) is 1. The lowest BCUT2D eigenvalue weighted by Gasteiger charge is -2.10. The molecule has 0 bridgehead atoms. The summed E-state index contributed by atoms with van der Waals surface area (Å²) in [5, 5.41) is 1.21. The molecular weight excluding hydrogens is 389 g/mol. The summed E-state index contributed by atoms with van der Waals surface area (Å²) in [6.07, 6.45) is 1.82. The first-order valence-corrected chi connectivity index (χ1v) is 9.94. The molecule has 0 atom stereocenters. The van der Waals surface area contributed by atoms with Gasteiger partial charge in [0.15, 0.2) is 0 Å². The summed E-state index contributed by atoms with van der Waals surface area (Å²) in [7, 11) is 0. The summed E-state index contributed by atoms with van der Waals surface area (Å²) in [4.78, 5) is 16.2. The summed E-state index contributed by atoms with van der Waals surface area (Å²) in [6, 6.07) is 14.0. The maximum Gasteiger partial charge on any atom is 0.416 e. The number of fused-ring (bicyclic) bond motifs is 3. The van der Waals surface area contributed by atoms with Gasteiger partial charge in [0.25, 0.3) is 5.56 Å². The van der Waals surface area contributed by atoms with Crippen LogP contribution in [0.1, 0.15) is 29.7 Å². The molecule has 1 aliphatic rings. The smallest absolute Gasteiger partial charge is 0.358 e. The van der Waals surface area contributed by atoms with E-state index in [1.54, 1.807) is 16.8 Å². The number of aromatic amines is 1. The Morgan fingerprint density at radius 1 is 0.867 bits per heavy atom. The number of nitrogens with zero attached hydrogens (tertiary/aromatic N) is 1. The van der Waals surface area contributed by atoms with Crippen molar-refractivity contribution in [3.05, 3.63) is 88.0 Å². The molecule has 1 N–H and O–H groups in total. The van der Waals surface area contributed by atoms with Gasteiger partial charge in [-0.25, -0.2) is 0 Å². The summed E-state index contributed by atoms with van der Waals surface area (Å²) in [6.45, 7) is 0. The predicted molar refractivity (Wildman–Crippen MR) is 111 cm³/mol. The Hall–Kier alpha value is -3.28. The average Bonchev–Trinajstić information content (AvgIpc) is 3.11. The molecule has 0 unspecified atom stereocenters. The quantitative estimate of drug-likeness (QED) is 0.442. The first-order chi connectivity index (χ1) is 14.4. The second-order valence-electron chi connectivity index (χ2n) is 7.72. The number of alkyl halides is 3. The van der Waals surface area contributed by atoms with Gasteiger partial charge in [0, 0.05) is 28.9 Å². The largest absolute Gasteiger partial charge is 0.416 e. The second kappa shape index (κ2) is 6.90. The third-order valence-corrected chi connectivity index (χ3v) is 5.82. The molecule has 0 aliphatic heterocycles. The number of nitrogens with one attached hydrogen (secondary N) is 1. The number of aryl methyl sites for hydroxylation is 2. The fraction of sp³-hybridized carbons (Fsp3) is 0.208. The van der Waals surface area contributed by atoms with Crippen molar-refractivity contribution in [2.45, 2.75) is 31.9 Å². The van der Waals surface area contributed by atoms with Crippen molar-refractivity contribution in [1.29, 1.82) is 0 Å². The third kappa shape index (κ3) is 3.22. The van der Waals surface area contributed by atoms with E-state index >= 15 is 0 Å². The zero-order valence-corrected chi connectivity index (χ0v) is 16.1. The minimum absolute atomic E-state index is 0.233. The van der Waals surface area contributed by atoms with Gasteiger partial charge in [0.05, 0.1) is 11.3 Å². The first kappa shape index (κ1) is 18.7. The number of aromatic nitrogens is 2. The molecule has 0 amide bonds. The fourth-order valence-corrected chi connectivity index (χ4v) is 4.28. The molecule has 0 saturated carbocycles. The molecule has 4 aromatic rings. The van der Waals surface area contributed by atoms with Crippen LogP contribution in [-0.2, 0) is 19.0 Å². The normalized spacial score (nSPS) is 14.1. The van der Waals surface area contributed by atoms with Crippen LogP contribution < -0.4 is 5.56 Å². The van der Waals surface area contributed by atoms with E-state index in [0.717, 1.165) is 36.2 Å². The van der Waals surface area contributed by atoms with Crippen molar-refractivity contribution >= 4 is 10.9 Å². The van der Waals surface area contributed by atoms with Gasteiger partial charge in [0.1, 0.15) is 0 Å². The highest BCUT2D eigenvalue weighted by molar-refractivity contribution is 5.86. The minimum atomic E-state index is -4.38. The Morgan fingerprint density at radius 3 is 2.37 bits per heavy atom. The van der Waals surface area contributed by atoms with Gasteiger partial charge in [-0.1, -0.05) is 18.2 Å². The van der Waals surface area contributed by atoms with E-state index in [0.29, 0.717) is 11.1 Å². The maximum atomic E-state index is 12.8. The second-order valence-corrected chi connectivity index (χ2v) is 7.72. The zero-order valence-electron chi connectivity index (χ0n) is 16.1. The molecule has 0 radical (unpaired) electrons. The highest BCUT2D eigenvalue weighted by Gasteiger charge is 2.30. The van der Waals surface area contributed by atoms with E-state index in [1.165, 1.54) is 47.7 Å². The fourth-order valence-electron chi connectivity index (χ4n) is 4.28. The highest BCUT2D eigenvalue weighted by atomic mass is 19.4. The maximum absolute atomic E-state index is 12.8. The van der Waals surface area contributed by atoms with Crippen LogP contribution in [0.25, 0.3) is 27.7 Å². The Kier molecular flexibility index (Phi) is 4.31. The number of hydrogen-bond donors (Lipinski definition) is 1. The first-order valence-electron chi connectivity index (χ1n) is 9.94. The van der Waals surface area contributed by atoms with Crippen LogP contribution in [0.5, 0.6) is 0 Å². The van der Waals surface area contributed by atoms with Crippen molar-refractivity contribution < 1.29 is 13.2 Å². The van der Waals surface area contributed by atoms with Crippen LogP contribution in [0.3, 0.4) is 0 Å². The lowest BCUT2D eigenvalue weighted by molar-refractivity contribution is -0.137. The summed E-state index contributed by atoms with van der Waals surface area (Å²) < 4.78 is 39.8. The van der Waals surface area contributed by atoms with E-state index in [2.05, 4.69) is 11.1 Å². The molecule has 2 aromatic heterocycles. The summed E-state index contributed by atoms with van der Waals surface area (Å²) in [5.41, 5.74) is 4.67. The number of H-pyrrole nitrogens is 1. The lowest BCUT2D eigenvalue weighted by atomic mass is 9.96. The SMILES string of the molecule is O=c1cc(-c2ccc(C(F)(F)F)cc2)ccn1-c1ccc2c3c([nH]c2c1)CCCC3. The molecular formula is C24H19F3N2O. The monoisotopic (exact) mass is 408 g/mol. The third-order valence-electron chi connectivity index (χ3n) is 5.82. The van der Waals surface area contributed by atoms with E-state index in [9.17, 15) is 18.0 Å². The topological polar surface area (TPSA) is 37.8 Å².